The van der Waals surface area contributed by atoms with Crippen LogP contribution < -0.4 is 11.3 Å². The van der Waals surface area contributed by atoms with Gasteiger partial charge in [0.2, 0.25) is 11.9 Å². The average molecular weight is 217 g/mol. The molecule has 0 saturated carbocycles. The molecular formula is C8H7N7O. The fourth-order valence-electron chi connectivity index (χ4n) is 1.47. The lowest BCUT2D eigenvalue weighted by Gasteiger charge is -1.98. The van der Waals surface area contributed by atoms with Gasteiger partial charge in [-0.05, 0) is 0 Å². The number of nitrogens with one attached hydrogen (secondary N) is 2. The van der Waals surface area contributed by atoms with Gasteiger partial charge in [0, 0.05) is 12.4 Å². The van der Waals surface area contributed by atoms with E-state index in [9.17, 15) is 4.79 Å². The maximum absolute atomic E-state index is 11.5. The van der Waals surface area contributed by atoms with Gasteiger partial charge < -0.3 is 10.7 Å². The van der Waals surface area contributed by atoms with Crippen LogP contribution in [0.4, 0.5) is 5.95 Å². The molecule has 0 unspecified atom stereocenters. The van der Waals surface area contributed by atoms with E-state index in [4.69, 9.17) is 5.73 Å². The van der Waals surface area contributed by atoms with Crippen LogP contribution in [-0.2, 0) is 0 Å². The molecule has 0 radical (unpaired) electrons. The molecule has 3 aromatic heterocycles. The Bertz CT molecular complexity index is 693. The molecule has 3 rings (SSSR count). The van der Waals surface area contributed by atoms with Crippen LogP contribution in [0.1, 0.15) is 0 Å². The summed E-state index contributed by atoms with van der Waals surface area (Å²) in [7, 11) is 0. The van der Waals surface area contributed by atoms with Crippen molar-refractivity contribution in [2.75, 3.05) is 5.73 Å². The van der Waals surface area contributed by atoms with Crippen molar-refractivity contribution in [3.63, 3.8) is 0 Å². The largest absolute Gasteiger partial charge is 0.369 e. The normalized spacial score (nSPS) is 11.0. The number of fused-ring (bicyclic) bond motifs is 1. The van der Waals surface area contributed by atoms with Crippen LogP contribution >= 0.6 is 0 Å². The molecular weight excluding hydrogens is 210 g/mol. The summed E-state index contributed by atoms with van der Waals surface area (Å²) in [5, 5.41) is 0. The lowest BCUT2D eigenvalue weighted by Crippen LogP contribution is -2.12. The third-order valence-electron chi connectivity index (χ3n) is 2.14. The topological polar surface area (TPSA) is 118 Å². The zero-order valence-electron chi connectivity index (χ0n) is 8.01. The molecule has 0 aliphatic heterocycles. The Labute approximate surface area is 88.2 Å². The van der Waals surface area contributed by atoms with E-state index in [1.807, 2.05) is 0 Å². The fraction of sp³-hybridized carbons (Fsp3) is 0. The molecule has 0 bridgehead atoms. The molecule has 0 aliphatic rings. The highest BCUT2D eigenvalue weighted by atomic mass is 16.1. The number of rotatable bonds is 1. The number of imidazole rings is 2. The van der Waals surface area contributed by atoms with E-state index >= 15 is 0 Å². The highest BCUT2D eigenvalue weighted by Gasteiger charge is 2.11. The highest BCUT2D eigenvalue weighted by Crippen LogP contribution is 2.10. The first-order chi connectivity index (χ1) is 7.75. The number of nitrogen functional groups attached to an aromatic ring is 1. The van der Waals surface area contributed by atoms with Crippen molar-refractivity contribution in [1.29, 1.82) is 0 Å². The second-order valence-electron chi connectivity index (χ2n) is 3.15. The van der Waals surface area contributed by atoms with E-state index in [0.29, 0.717) is 11.6 Å². The van der Waals surface area contributed by atoms with Crippen LogP contribution in [0.2, 0.25) is 0 Å². The van der Waals surface area contributed by atoms with Gasteiger partial charge in [0.1, 0.15) is 6.33 Å². The van der Waals surface area contributed by atoms with Crippen molar-refractivity contribution in [3.05, 3.63) is 29.1 Å². The third-order valence-corrected chi connectivity index (χ3v) is 2.14. The zero-order valence-corrected chi connectivity index (χ0v) is 8.01. The van der Waals surface area contributed by atoms with Gasteiger partial charge in [-0.3, -0.25) is 14.3 Å². The van der Waals surface area contributed by atoms with Crippen molar-refractivity contribution in [1.82, 2.24) is 29.5 Å². The summed E-state index contributed by atoms with van der Waals surface area (Å²) >= 11 is 0. The van der Waals surface area contributed by atoms with Gasteiger partial charge >= 0.3 is 0 Å². The molecule has 0 fully saturated rings. The first-order valence-corrected chi connectivity index (χ1v) is 4.48. The minimum Gasteiger partial charge on any atom is -0.369 e. The Morgan fingerprint density at radius 1 is 1.38 bits per heavy atom. The third kappa shape index (κ3) is 1.10. The van der Waals surface area contributed by atoms with Crippen molar-refractivity contribution in [2.45, 2.75) is 0 Å². The summed E-state index contributed by atoms with van der Waals surface area (Å²) in [4.78, 5) is 28.8. The molecule has 8 heteroatoms. The number of aromatic nitrogens is 6. The quantitative estimate of drug-likeness (QED) is 0.503. The monoisotopic (exact) mass is 217 g/mol. The molecule has 0 spiro atoms. The van der Waals surface area contributed by atoms with Gasteiger partial charge in [0.25, 0.3) is 5.56 Å². The summed E-state index contributed by atoms with van der Waals surface area (Å²) in [6.07, 6.45) is 4.72. The highest BCUT2D eigenvalue weighted by molar-refractivity contribution is 5.72. The Kier molecular flexibility index (Phi) is 1.58. The van der Waals surface area contributed by atoms with Crippen LogP contribution in [-0.4, -0.2) is 29.5 Å². The van der Waals surface area contributed by atoms with Crippen LogP contribution in [0.3, 0.4) is 0 Å². The molecule has 4 N–H and O–H groups in total. The molecule has 3 aromatic rings. The van der Waals surface area contributed by atoms with Crippen molar-refractivity contribution in [2.24, 2.45) is 0 Å². The number of nitrogens with two attached hydrogens (primary N) is 1. The van der Waals surface area contributed by atoms with E-state index in [1.54, 1.807) is 17.0 Å². The predicted molar refractivity (Wildman–Crippen MR) is 56.0 cm³/mol. The molecule has 8 nitrogen and oxygen atoms in total. The fourth-order valence-corrected chi connectivity index (χ4v) is 1.47. The van der Waals surface area contributed by atoms with Gasteiger partial charge in [-0.15, -0.1) is 0 Å². The minimum atomic E-state index is -0.368. The van der Waals surface area contributed by atoms with Gasteiger partial charge in [0.05, 0.1) is 0 Å². The summed E-state index contributed by atoms with van der Waals surface area (Å²) in [5.41, 5.74) is 5.70. The smallest absolute Gasteiger partial charge is 0.280 e. The molecule has 80 valence electrons. The van der Waals surface area contributed by atoms with Gasteiger partial charge in [-0.25, -0.2) is 9.97 Å². The van der Waals surface area contributed by atoms with E-state index in [2.05, 4.69) is 24.9 Å². The number of hydrogen-bond donors (Lipinski definition) is 3. The second kappa shape index (κ2) is 2.92. The van der Waals surface area contributed by atoms with Gasteiger partial charge in [-0.1, -0.05) is 0 Å². The molecule has 0 amide bonds. The number of hydrogen-bond acceptors (Lipinski definition) is 5. The Balaban J connectivity index is 2.40. The number of aromatic amines is 2. The molecule has 16 heavy (non-hydrogen) atoms. The number of anilines is 1. The zero-order chi connectivity index (χ0) is 11.1. The van der Waals surface area contributed by atoms with Crippen molar-refractivity contribution in [3.8, 4) is 5.95 Å². The summed E-state index contributed by atoms with van der Waals surface area (Å²) in [6.45, 7) is 0. The first-order valence-electron chi connectivity index (χ1n) is 4.48. The van der Waals surface area contributed by atoms with Crippen LogP contribution in [0, 0.1) is 0 Å². The Hall–Kier alpha value is -2.64. The Morgan fingerprint density at radius 2 is 2.25 bits per heavy atom. The average Bonchev–Trinajstić information content (AvgIpc) is 2.83. The van der Waals surface area contributed by atoms with E-state index in [0.717, 1.165) is 0 Å². The Morgan fingerprint density at radius 3 is 3.00 bits per heavy atom. The second-order valence-corrected chi connectivity index (χ2v) is 3.15. The van der Waals surface area contributed by atoms with Gasteiger partial charge in [-0.2, -0.15) is 4.98 Å². The molecule has 0 saturated heterocycles. The summed E-state index contributed by atoms with van der Waals surface area (Å²) in [6, 6.07) is 0. The van der Waals surface area contributed by atoms with Crippen molar-refractivity contribution >= 4 is 17.1 Å². The maximum atomic E-state index is 11.5. The van der Waals surface area contributed by atoms with E-state index in [-0.39, 0.29) is 17.0 Å². The predicted octanol–water partition coefficient (Wildman–Crippen LogP) is -0.586. The minimum absolute atomic E-state index is 0.0470. The first kappa shape index (κ1) is 8.65. The van der Waals surface area contributed by atoms with Crippen LogP contribution in [0.15, 0.2) is 23.5 Å². The van der Waals surface area contributed by atoms with Crippen molar-refractivity contribution < 1.29 is 0 Å². The number of H-pyrrole nitrogens is 2. The number of nitrogens with zero attached hydrogens (tertiary/aromatic N) is 4. The van der Waals surface area contributed by atoms with Crippen LogP contribution in [0.25, 0.3) is 17.1 Å². The van der Waals surface area contributed by atoms with Crippen LogP contribution in [0.5, 0.6) is 0 Å². The van der Waals surface area contributed by atoms with Gasteiger partial charge in [0.15, 0.2) is 11.2 Å². The summed E-state index contributed by atoms with van der Waals surface area (Å²) < 4.78 is 1.56. The van der Waals surface area contributed by atoms with E-state index < -0.39 is 0 Å². The molecule has 3 heterocycles. The molecule has 0 aliphatic carbocycles. The SMILES string of the molecule is Nc1nc2c(ncn2-c2ncc[nH]2)c(=O)[nH]1. The summed E-state index contributed by atoms with van der Waals surface area (Å²) in [5.74, 6) is 0.575. The van der Waals surface area contributed by atoms with E-state index in [1.165, 1.54) is 6.33 Å². The maximum Gasteiger partial charge on any atom is 0.280 e. The lowest BCUT2D eigenvalue weighted by atomic mass is 10.5. The standard InChI is InChI=1S/C8H7N7O/c9-7-13-5-4(6(16)14-7)12-3-15(5)8-10-1-2-11-8/h1-3H,(H,10,11)(H3,9,13,14,16). The molecule has 0 atom stereocenters. The molecule has 0 aromatic carbocycles. The lowest BCUT2D eigenvalue weighted by molar-refractivity contribution is 0.971.